The van der Waals surface area contributed by atoms with Crippen molar-refractivity contribution in [1.29, 1.82) is 0 Å². The van der Waals surface area contributed by atoms with Crippen molar-refractivity contribution in [2.24, 2.45) is 0 Å². The lowest BCUT2D eigenvalue weighted by molar-refractivity contribution is 0.628. The molecule has 98 valence electrons. The van der Waals surface area contributed by atoms with Crippen molar-refractivity contribution in [3.8, 4) is 11.1 Å². The maximum Gasteiger partial charge on any atom is 0.123 e. The third-order valence-corrected chi connectivity index (χ3v) is 3.64. The van der Waals surface area contributed by atoms with E-state index in [-0.39, 0.29) is 5.82 Å². The van der Waals surface area contributed by atoms with Crippen LogP contribution in [0, 0.1) is 12.7 Å². The summed E-state index contributed by atoms with van der Waals surface area (Å²) in [6, 6.07) is 14.1. The van der Waals surface area contributed by atoms with Gasteiger partial charge in [-0.1, -0.05) is 30.3 Å². The first-order valence-corrected chi connectivity index (χ1v) is 6.81. The van der Waals surface area contributed by atoms with Crippen molar-refractivity contribution in [2.45, 2.75) is 32.4 Å². The van der Waals surface area contributed by atoms with Crippen LogP contribution < -0.4 is 5.32 Å². The second-order valence-electron chi connectivity index (χ2n) is 5.31. The second-order valence-corrected chi connectivity index (χ2v) is 5.31. The Hall–Kier alpha value is -1.67. The van der Waals surface area contributed by atoms with E-state index < -0.39 is 0 Å². The van der Waals surface area contributed by atoms with E-state index in [1.807, 2.05) is 13.0 Å². The molecule has 0 aliphatic heterocycles. The van der Waals surface area contributed by atoms with Gasteiger partial charge >= 0.3 is 0 Å². The number of aryl methyl sites for hydroxylation is 1. The van der Waals surface area contributed by atoms with Crippen LogP contribution in [0.1, 0.15) is 24.0 Å². The van der Waals surface area contributed by atoms with Crippen LogP contribution in [-0.2, 0) is 6.54 Å². The largest absolute Gasteiger partial charge is 0.310 e. The average molecular weight is 255 g/mol. The van der Waals surface area contributed by atoms with E-state index in [1.54, 1.807) is 6.07 Å². The Labute approximate surface area is 113 Å². The van der Waals surface area contributed by atoms with Crippen molar-refractivity contribution in [3.63, 3.8) is 0 Å². The summed E-state index contributed by atoms with van der Waals surface area (Å²) in [6.07, 6.45) is 2.61. The lowest BCUT2D eigenvalue weighted by Crippen LogP contribution is -2.14. The normalized spacial score (nSPS) is 14.6. The maximum atomic E-state index is 13.3. The van der Waals surface area contributed by atoms with Crippen molar-refractivity contribution in [3.05, 3.63) is 59.4 Å². The van der Waals surface area contributed by atoms with E-state index in [0.717, 1.165) is 29.3 Å². The number of benzene rings is 2. The van der Waals surface area contributed by atoms with E-state index in [9.17, 15) is 4.39 Å². The Bertz CT molecular complexity index is 570. The van der Waals surface area contributed by atoms with Crippen LogP contribution in [0.25, 0.3) is 11.1 Å². The second kappa shape index (κ2) is 5.14. The van der Waals surface area contributed by atoms with Crippen molar-refractivity contribution >= 4 is 0 Å². The van der Waals surface area contributed by atoms with Crippen LogP contribution >= 0.6 is 0 Å². The number of rotatable bonds is 4. The van der Waals surface area contributed by atoms with Crippen molar-refractivity contribution < 1.29 is 4.39 Å². The molecule has 0 spiro atoms. The van der Waals surface area contributed by atoms with Gasteiger partial charge in [0.25, 0.3) is 0 Å². The smallest absolute Gasteiger partial charge is 0.123 e. The van der Waals surface area contributed by atoms with Crippen LogP contribution in [0.2, 0.25) is 0 Å². The molecule has 0 atom stereocenters. The molecule has 3 rings (SSSR count). The monoisotopic (exact) mass is 255 g/mol. The lowest BCUT2D eigenvalue weighted by Gasteiger charge is -2.08. The predicted molar refractivity (Wildman–Crippen MR) is 76.4 cm³/mol. The first-order valence-electron chi connectivity index (χ1n) is 6.81. The molecular weight excluding hydrogens is 237 g/mol. The van der Waals surface area contributed by atoms with Gasteiger partial charge in [-0.3, -0.25) is 0 Å². The summed E-state index contributed by atoms with van der Waals surface area (Å²) in [4.78, 5) is 0. The first kappa shape index (κ1) is 12.4. The zero-order valence-electron chi connectivity index (χ0n) is 11.1. The van der Waals surface area contributed by atoms with E-state index in [0.29, 0.717) is 0 Å². The molecule has 1 fully saturated rings. The molecule has 1 aliphatic carbocycles. The number of hydrogen-bond donors (Lipinski definition) is 1. The molecule has 0 radical (unpaired) electrons. The molecular formula is C17H18FN. The van der Waals surface area contributed by atoms with Gasteiger partial charge in [-0.25, -0.2) is 4.39 Å². The van der Waals surface area contributed by atoms with Gasteiger partial charge in [-0.2, -0.15) is 0 Å². The summed E-state index contributed by atoms with van der Waals surface area (Å²) in [5, 5.41) is 3.49. The number of hydrogen-bond acceptors (Lipinski definition) is 1. The summed E-state index contributed by atoms with van der Waals surface area (Å²) in [5.41, 5.74) is 4.43. The predicted octanol–water partition coefficient (Wildman–Crippen LogP) is 4.05. The molecule has 0 saturated heterocycles. The lowest BCUT2D eigenvalue weighted by atomic mass is 9.99. The molecule has 1 N–H and O–H groups in total. The minimum absolute atomic E-state index is 0.180. The Morgan fingerprint density at radius 1 is 1.11 bits per heavy atom. The molecule has 2 aromatic carbocycles. The highest BCUT2D eigenvalue weighted by atomic mass is 19.1. The minimum Gasteiger partial charge on any atom is -0.310 e. The molecule has 0 amide bonds. The highest BCUT2D eigenvalue weighted by Crippen LogP contribution is 2.25. The van der Waals surface area contributed by atoms with Gasteiger partial charge in [0.1, 0.15) is 5.82 Å². The van der Waals surface area contributed by atoms with Gasteiger partial charge < -0.3 is 5.32 Å². The minimum atomic E-state index is -0.180. The van der Waals surface area contributed by atoms with Crippen LogP contribution in [0.3, 0.4) is 0 Å². The highest BCUT2D eigenvalue weighted by molar-refractivity contribution is 5.67. The van der Waals surface area contributed by atoms with E-state index >= 15 is 0 Å². The Morgan fingerprint density at radius 3 is 2.53 bits per heavy atom. The van der Waals surface area contributed by atoms with Crippen LogP contribution in [0.15, 0.2) is 42.5 Å². The summed E-state index contributed by atoms with van der Waals surface area (Å²) in [7, 11) is 0. The van der Waals surface area contributed by atoms with Gasteiger partial charge in [0.15, 0.2) is 0 Å². The van der Waals surface area contributed by atoms with E-state index in [1.165, 1.54) is 24.5 Å². The topological polar surface area (TPSA) is 12.0 Å². The molecule has 1 nitrogen and oxygen atoms in total. The first-order chi connectivity index (χ1) is 9.22. The van der Waals surface area contributed by atoms with Gasteiger partial charge in [-0.05, 0) is 54.2 Å². The molecule has 19 heavy (non-hydrogen) atoms. The molecule has 1 saturated carbocycles. The zero-order valence-corrected chi connectivity index (χ0v) is 11.1. The summed E-state index contributed by atoms with van der Waals surface area (Å²) in [6.45, 7) is 2.93. The van der Waals surface area contributed by atoms with E-state index in [4.69, 9.17) is 0 Å². The fourth-order valence-electron chi connectivity index (χ4n) is 2.26. The maximum absolute atomic E-state index is 13.3. The van der Waals surface area contributed by atoms with Crippen LogP contribution in [0.5, 0.6) is 0 Å². The van der Waals surface area contributed by atoms with Gasteiger partial charge in [0.2, 0.25) is 0 Å². The standard InChI is InChI=1S/C17H18FN/c1-12-2-7-15(18)10-17(12)14-5-3-13(4-6-14)11-19-16-8-9-16/h2-7,10,16,19H,8-9,11H2,1H3. The summed E-state index contributed by atoms with van der Waals surface area (Å²) < 4.78 is 13.3. The fraction of sp³-hybridized carbons (Fsp3) is 0.294. The molecule has 2 heteroatoms. The van der Waals surface area contributed by atoms with Gasteiger partial charge in [0, 0.05) is 12.6 Å². The van der Waals surface area contributed by atoms with Gasteiger partial charge in [-0.15, -0.1) is 0 Å². The van der Waals surface area contributed by atoms with Crippen molar-refractivity contribution in [1.82, 2.24) is 5.32 Å². The molecule has 0 aromatic heterocycles. The molecule has 0 heterocycles. The molecule has 1 aliphatic rings. The third kappa shape index (κ3) is 3.02. The third-order valence-electron chi connectivity index (χ3n) is 3.64. The number of nitrogens with one attached hydrogen (secondary N) is 1. The fourth-order valence-corrected chi connectivity index (χ4v) is 2.26. The Balaban J connectivity index is 1.78. The van der Waals surface area contributed by atoms with Crippen molar-refractivity contribution in [2.75, 3.05) is 0 Å². The number of halogens is 1. The summed E-state index contributed by atoms with van der Waals surface area (Å²) in [5.74, 6) is -0.180. The Morgan fingerprint density at radius 2 is 1.84 bits per heavy atom. The Kier molecular flexibility index (Phi) is 3.34. The van der Waals surface area contributed by atoms with E-state index in [2.05, 4.69) is 29.6 Å². The average Bonchev–Trinajstić information content (AvgIpc) is 3.24. The molecule has 0 bridgehead atoms. The van der Waals surface area contributed by atoms with Crippen LogP contribution in [0.4, 0.5) is 4.39 Å². The SMILES string of the molecule is Cc1ccc(F)cc1-c1ccc(CNC2CC2)cc1. The zero-order chi connectivity index (χ0) is 13.2. The van der Waals surface area contributed by atoms with Gasteiger partial charge in [0.05, 0.1) is 0 Å². The van der Waals surface area contributed by atoms with Crippen LogP contribution in [-0.4, -0.2) is 6.04 Å². The molecule has 0 unspecified atom stereocenters. The quantitative estimate of drug-likeness (QED) is 0.869. The summed E-state index contributed by atoms with van der Waals surface area (Å²) >= 11 is 0. The molecule has 2 aromatic rings. The highest BCUT2D eigenvalue weighted by Gasteiger charge is 2.19.